The van der Waals surface area contributed by atoms with Crippen LogP contribution in [-0.2, 0) is 15.0 Å². The van der Waals surface area contributed by atoms with Crippen LogP contribution in [-0.4, -0.2) is 30.5 Å². The molecular weight excluding hydrogens is 490 g/mol. The normalized spacial score (nSPS) is 17.1. The first-order chi connectivity index (χ1) is 18.5. The van der Waals surface area contributed by atoms with Gasteiger partial charge in [-0.15, -0.1) is 0 Å². The number of methoxy groups -OCH3 is 1. The monoisotopic (exact) mass is 527 g/mol. The fraction of sp³-hybridized carbons (Fsp3) is 0.333. The third kappa shape index (κ3) is 5.42. The zero-order chi connectivity index (χ0) is 28.5. The van der Waals surface area contributed by atoms with Crippen molar-refractivity contribution in [2.45, 2.75) is 58.9 Å². The van der Waals surface area contributed by atoms with Crippen LogP contribution >= 0.6 is 0 Å². The van der Waals surface area contributed by atoms with E-state index in [9.17, 15) is 14.7 Å². The second-order valence-corrected chi connectivity index (χ2v) is 11.1. The maximum Gasteiger partial charge on any atom is 0.300 e. The topological polar surface area (TPSA) is 76.1 Å². The molecule has 4 rings (SSSR count). The van der Waals surface area contributed by atoms with Crippen molar-refractivity contribution in [1.29, 1.82) is 0 Å². The second kappa shape index (κ2) is 11.0. The molecular formula is C33H37NO5. The van der Waals surface area contributed by atoms with E-state index in [-0.39, 0.29) is 22.7 Å². The third-order valence-electron chi connectivity index (χ3n) is 7.07. The molecule has 6 nitrogen and oxygen atoms in total. The summed E-state index contributed by atoms with van der Waals surface area (Å²) in [5.74, 6) is -0.239. The van der Waals surface area contributed by atoms with E-state index < -0.39 is 17.7 Å². The standard InChI is InChI=1S/C33H37NO5/c1-8-39-25-11-9-10-24(19-25)34-29(21-12-15-23(16-13-21)33(4,5)6)28(31(36)32(34)37)30(35)22-14-17-27(38-7)26(18-22)20(2)3/h9-20,29,35H,8H2,1-7H3/b30-28-. The molecule has 0 aromatic heterocycles. The molecule has 1 fully saturated rings. The van der Waals surface area contributed by atoms with Crippen LogP contribution in [0, 0.1) is 0 Å². The Morgan fingerprint density at radius 2 is 1.69 bits per heavy atom. The number of amides is 1. The highest BCUT2D eigenvalue weighted by atomic mass is 16.5. The highest BCUT2D eigenvalue weighted by Crippen LogP contribution is 2.43. The molecule has 39 heavy (non-hydrogen) atoms. The van der Waals surface area contributed by atoms with E-state index in [4.69, 9.17) is 9.47 Å². The van der Waals surface area contributed by atoms with Crippen LogP contribution in [0.15, 0.2) is 72.3 Å². The summed E-state index contributed by atoms with van der Waals surface area (Å²) in [7, 11) is 1.60. The summed E-state index contributed by atoms with van der Waals surface area (Å²) < 4.78 is 11.2. The highest BCUT2D eigenvalue weighted by Gasteiger charge is 2.47. The molecule has 0 bridgehead atoms. The molecule has 0 aliphatic carbocycles. The Bertz CT molecular complexity index is 1410. The quantitative estimate of drug-likeness (QED) is 0.201. The van der Waals surface area contributed by atoms with E-state index in [1.54, 1.807) is 37.4 Å². The van der Waals surface area contributed by atoms with Crippen molar-refractivity contribution in [3.05, 3.63) is 94.6 Å². The fourth-order valence-corrected chi connectivity index (χ4v) is 4.96. The van der Waals surface area contributed by atoms with Gasteiger partial charge in [-0.2, -0.15) is 0 Å². The Labute approximate surface area is 230 Å². The molecule has 1 saturated heterocycles. The van der Waals surface area contributed by atoms with Crippen LogP contribution in [0.5, 0.6) is 11.5 Å². The summed E-state index contributed by atoms with van der Waals surface area (Å²) >= 11 is 0. The smallest absolute Gasteiger partial charge is 0.300 e. The lowest BCUT2D eigenvalue weighted by molar-refractivity contribution is -0.132. The van der Waals surface area contributed by atoms with Crippen molar-refractivity contribution in [2.75, 3.05) is 18.6 Å². The van der Waals surface area contributed by atoms with Gasteiger partial charge >= 0.3 is 0 Å². The molecule has 1 unspecified atom stereocenters. The first kappa shape index (κ1) is 28.0. The Hall–Kier alpha value is -4.06. The number of hydrogen-bond acceptors (Lipinski definition) is 5. The van der Waals surface area contributed by atoms with Gasteiger partial charge in [0.05, 0.1) is 25.3 Å². The van der Waals surface area contributed by atoms with Gasteiger partial charge in [-0.05, 0) is 65.3 Å². The fourth-order valence-electron chi connectivity index (χ4n) is 4.96. The molecule has 1 atom stereocenters. The van der Waals surface area contributed by atoms with Gasteiger partial charge in [-0.25, -0.2) is 0 Å². The Morgan fingerprint density at radius 1 is 1.00 bits per heavy atom. The van der Waals surface area contributed by atoms with Crippen LogP contribution in [0.4, 0.5) is 5.69 Å². The van der Waals surface area contributed by atoms with Crippen molar-refractivity contribution < 1.29 is 24.2 Å². The van der Waals surface area contributed by atoms with Gasteiger partial charge < -0.3 is 14.6 Å². The Morgan fingerprint density at radius 3 is 2.28 bits per heavy atom. The number of benzene rings is 3. The van der Waals surface area contributed by atoms with Crippen molar-refractivity contribution in [3.8, 4) is 11.5 Å². The largest absolute Gasteiger partial charge is 0.507 e. The van der Waals surface area contributed by atoms with Crippen molar-refractivity contribution >= 4 is 23.1 Å². The molecule has 1 aliphatic heterocycles. The molecule has 1 aliphatic rings. The molecule has 1 N–H and O–H groups in total. The lowest BCUT2D eigenvalue weighted by Crippen LogP contribution is -2.29. The van der Waals surface area contributed by atoms with Crippen LogP contribution in [0.2, 0.25) is 0 Å². The van der Waals surface area contributed by atoms with E-state index in [1.807, 2.05) is 57.2 Å². The van der Waals surface area contributed by atoms with E-state index in [2.05, 4.69) is 20.8 Å². The third-order valence-corrected chi connectivity index (χ3v) is 7.07. The number of aliphatic hydroxyl groups is 1. The van der Waals surface area contributed by atoms with E-state index in [1.165, 1.54) is 4.90 Å². The zero-order valence-corrected chi connectivity index (χ0v) is 23.7. The van der Waals surface area contributed by atoms with Gasteiger partial charge in [0.2, 0.25) is 0 Å². The van der Waals surface area contributed by atoms with E-state index >= 15 is 0 Å². The number of anilines is 1. The van der Waals surface area contributed by atoms with Gasteiger partial charge in [0.1, 0.15) is 17.3 Å². The van der Waals surface area contributed by atoms with E-state index in [0.717, 1.165) is 16.7 Å². The summed E-state index contributed by atoms with van der Waals surface area (Å²) in [6.45, 7) is 12.8. The van der Waals surface area contributed by atoms with Gasteiger partial charge in [0.25, 0.3) is 11.7 Å². The van der Waals surface area contributed by atoms with Crippen molar-refractivity contribution in [1.82, 2.24) is 0 Å². The van der Waals surface area contributed by atoms with Crippen LogP contribution < -0.4 is 14.4 Å². The minimum absolute atomic E-state index is 0.0465. The average Bonchev–Trinajstić information content (AvgIpc) is 3.17. The second-order valence-electron chi connectivity index (χ2n) is 11.1. The molecule has 0 spiro atoms. The number of rotatable bonds is 7. The number of Topliss-reactive ketones (excluding diaryl/α,β-unsaturated/α-hetero) is 1. The SMILES string of the molecule is CCOc1cccc(N2C(=O)C(=O)/C(=C(\O)c3ccc(OC)c(C(C)C)c3)C2c2ccc(C(C)(C)C)cc2)c1. The number of ketones is 1. The number of carbonyl (C=O) groups excluding carboxylic acids is 2. The first-order valence-corrected chi connectivity index (χ1v) is 13.3. The van der Waals surface area contributed by atoms with Gasteiger partial charge in [0.15, 0.2) is 0 Å². The Kier molecular flexibility index (Phi) is 7.86. The first-order valence-electron chi connectivity index (χ1n) is 13.3. The maximum atomic E-state index is 13.6. The van der Waals surface area contributed by atoms with Gasteiger partial charge in [-0.3, -0.25) is 14.5 Å². The number of hydrogen-bond donors (Lipinski definition) is 1. The number of nitrogens with zero attached hydrogens (tertiary/aromatic N) is 1. The molecule has 1 amide bonds. The Balaban J connectivity index is 1.94. The molecule has 1 heterocycles. The van der Waals surface area contributed by atoms with Gasteiger partial charge in [0, 0.05) is 17.3 Å². The highest BCUT2D eigenvalue weighted by molar-refractivity contribution is 6.51. The van der Waals surface area contributed by atoms with Crippen LogP contribution in [0.1, 0.15) is 75.8 Å². The molecule has 3 aromatic carbocycles. The maximum absolute atomic E-state index is 13.6. The predicted octanol–water partition coefficient (Wildman–Crippen LogP) is 7.14. The summed E-state index contributed by atoms with van der Waals surface area (Å²) in [5, 5.41) is 11.6. The summed E-state index contributed by atoms with van der Waals surface area (Å²) in [6.07, 6.45) is 0. The lowest BCUT2D eigenvalue weighted by atomic mass is 9.85. The molecule has 204 valence electrons. The molecule has 0 saturated carbocycles. The van der Waals surface area contributed by atoms with Crippen LogP contribution in [0.3, 0.4) is 0 Å². The van der Waals surface area contributed by atoms with Crippen molar-refractivity contribution in [3.63, 3.8) is 0 Å². The summed E-state index contributed by atoms with van der Waals surface area (Å²) in [4.78, 5) is 28.6. The molecule has 3 aromatic rings. The molecule has 0 radical (unpaired) electrons. The van der Waals surface area contributed by atoms with Crippen LogP contribution in [0.25, 0.3) is 5.76 Å². The minimum atomic E-state index is -0.819. The number of ether oxygens (including phenoxy) is 2. The number of carbonyl (C=O) groups is 2. The number of aliphatic hydroxyl groups excluding tert-OH is 1. The summed E-state index contributed by atoms with van der Waals surface area (Å²) in [6, 6.07) is 19.5. The summed E-state index contributed by atoms with van der Waals surface area (Å²) in [5.41, 5.74) is 3.70. The zero-order valence-electron chi connectivity index (χ0n) is 23.7. The van der Waals surface area contributed by atoms with E-state index in [0.29, 0.717) is 29.4 Å². The average molecular weight is 528 g/mol. The molecule has 6 heteroatoms. The van der Waals surface area contributed by atoms with Crippen molar-refractivity contribution in [2.24, 2.45) is 0 Å². The predicted molar refractivity (Wildman–Crippen MR) is 155 cm³/mol. The van der Waals surface area contributed by atoms with Gasteiger partial charge in [-0.1, -0.05) is 65.0 Å². The lowest BCUT2D eigenvalue weighted by Gasteiger charge is -2.27. The minimum Gasteiger partial charge on any atom is -0.507 e.